The average molecular weight is 1500 g/mol. The Hall–Kier alpha value is -2.46. The van der Waals surface area contributed by atoms with E-state index in [4.69, 9.17) is 37.0 Å². The highest BCUT2D eigenvalue weighted by Gasteiger charge is 2.30. The van der Waals surface area contributed by atoms with Gasteiger partial charge < -0.3 is 33.8 Å². The number of ether oxygens (including phenoxy) is 4. The number of phosphoric acid groups is 2. The van der Waals surface area contributed by atoms with Gasteiger partial charge in [-0.15, -0.1) is 0 Å². The number of carbonyl (C=O) groups is 4. The molecule has 0 aliphatic rings. The standard InChI is InChI=1S/C84H160O17P2/c1-6-10-13-16-19-22-25-27-33-38-43-48-53-58-63-68-82(87)95-74-80(101-84(89)70-65-60-55-50-45-40-36-32-30-29-31-35-37-42-46-51-56-61-66-77(5)9-4)76-99-103(92,93)97-72-78(85)71-96-102(90,91)98-75-79(73-94-81(86)67-62-57-52-47-41-24-21-18-15-12-8-3)100-83(88)69-64-59-54-49-44-39-34-28-26-23-20-17-14-11-7-2/h22,25,27,33,77-80,85H,6-21,23-24,26,28-32,34-76H2,1-5H3,(H,90,91)(H,92,93)/b25-22-,33-27-/t77?,78-,79+,80+/m0/s1. The highest BCUT2D eigenvalue weighted by atomic mass is 31.2. The lowest BCUT2D eigenvalue weighted by Crippen LogP contribution is -2.30. The van der Waals surface area contributed by atoms with Crippen LogP contribution in [0.1, 0.15) is 426 Å². The molecule has 6 atom stereocenters. The van der Waals surface area contributed by atoms with Crippen LogP contribution in [-0.2, 0) is 65.4 Å². The minimum Gasteiger partial charge on any atom is -0.462 e. The van der Waals surface area contributed by atoms with E-state index >= 15 is 0 Å². The van der Waals surface area contributed by atoms with Gasteiger partial charge in [-0.25, -0.2) is 9.13 Å². The predicted molar refractivity (Wildman–Crippen MR) is 423 cm³/mol. The largest absolute Gasteiger partial charge is 0.472 e. The van der Waals surface area contributed by atoms with Crippen molar-refractivity contribution in [2.24, 2.45) is 5.92 Å². The molecule has 3 unspecified atom stereocenters. The van der Waals surface area contributed by atoms with Crippen LogP contribution in [0.4, 0.5) is 0 Å². The van der Waals surface area contributed by atoms with Crippen molar-refractivity contribution in [1.29, 1.82) is 0 Å². The summed E-state index contributed by atoms with van der Waals surface area (Å²) in [4.78, 5) is 73.1. The third-order valence-corrected chi connectivity index (χ3v) is 21.4. The van der Waals surface area contributed by atoms with Crippen LogP contribution >= 0.6 is 15.6 Å². The zero-order valence-corrected chi connectivity index (χ0v) is 68.7. The molecule has 0 amide bonds. The molecule has 0 aromatic heterocycles. The second-order valence-corrected chi connectivity index (χ2v) is 32.7. The number of allylic oxidation sites excluding steroid dienone is 4. The van der Waals surface area contributed by atoms with Gasteiger partial charge in [0.05, 0.1) is 26.4 Å². The van der Waals surface area contributed by atoms with Crippen LogP contribution in [0.3, 0.4) is 0 Å². The monoisotopic (exact) mass is 1500 g/mol. The Morgan fingerprint density at radius 2 is 0.544 bits per heavy atom. The van der Waals surface area contributed by atoms with Crippen molar-refractivity contribution in [2.75, 3.05) is 39.6 Å². The first kappa shape index (κ1) is 101. The molecule has 19 heteroatoms. The summed E-state index contributed by atoms with van der Waals surface area (Å²) in [5.74, 6) is -1.26. The van der Waals surface area contributed by atoms with Crippen LogP contribution in [0.15, 0.2) is 24.3 Å². The number of aliphatic hydroxyl groups is 1. The van der Waals surface area contributed by atoms with Gasteiger partial charge in [0.15, 0.2) is 12.2 Å². The maximum absolute atomic E-state index is 13.1. The number of carbonyl (C=O) groups excluding carboxylic acids is 4. The SMILES string of the molecule is CCCCCC/C=C\C=C/CCCCCCCC(=O)OC[C@H](COP(=O)(O)OC[C@@H](O)COP(=O)(O)OC[C@@H](COC(=O)CCCCCCCCCCCCC)OC(=O)CCCCCCCCCCCCCCCCC)OC(=O)CCCCCCCCCCCCCCCCCCCCC(C)CC. The van der Waals surface area contributed by atoms with Gasteiger partial charge in [0, 0.05) is 25.7 Å². The molecule has 0 rings (SSSR count). The molecule has 17 nitrogen and oxygen atoms in total. The summed E-state index contributed by atoms with van der Waals surface area (Å²) >= 11 is 0. The Labute approximate surface area is 631 Å². The molecule has 0 heterocycles. The molecule has 0 aliphatic heterocycles. The van der Waals surface area contributed by atoms with Gasteiger partial charge in [0.2, 0.25) is 0 Å². The Morgan fingerprint density at radius 1 is 0.311 bits per heavy atom. The quantitative estimate of drug-likeness (QED) is 0.0169. The molecule has 0 aliphatic carbocycles. The Morgan fingerprint density at radius 3 is 0.825 bits per heavy atom. The molecule has 0 radical (unpaired) electrons. The molecule has 0 saturated heterocycles. The third kappa shape index (κ3) is 76.1. The molecule has 0 bridgehead atoms. The summed E-state index contributed by atoms with van der Waals surface area (Å²) in [6.07, 6.45) is 71.4. The van der Waals surface area contributed by atoms with E-state index in [2.05, 4.69) is 58.9 Å². The minimum atomic E-state index is -4.97. The van der Waals surface area contributed by atoms with E-state index in [1.165, 1.54) is 231 Å². The van der Waals surface area contributed by atoms with E-state index in [0.717, 1.165) is 115 Å². The maximum atomic E-state index is 13.1. The third-order valence-electron chi connectivity index (χ3n) is 19.5. The fourth-order valence-electron chi connectivity index (χ4n) is 12.5. The van der Waals surface area contributed by atoms with Crippen molar-refractivity contribution in [2.45, 2.75) is 445 Å². The first-order valence-electron chi connectivity index (χ1n) is 43.0. The highest BCUT2D eigenvalue weighted by molar-refractivity contribution is 7.47. The summed E-state index contributed by atoms with van der Waals surface area (Å²) in [6, 6.07) is 0. The second kappa shape index (κ2) is 76.3. The van der Waals surface area contributed by atoms with Crippen LogP contribution in [-0.4, -0.2) is 96.7 Å². The summed E-state index contributed by atoms with van der Waals surface area (Å²) in [5, 5.41) is 10.7. The number of rotatable bonds is 82. The van der Waals surface area contributed by atoms with Crippen LogP contribution in [0.25, 0.3) is 0 Å². The fraction of sp³-hybridized carbons (Fsp3) is 0.905. The minimum absolute atomic E-state index is 0.102. The molecule has 3 N–H and O–H groups in total. The van der Waals surface area contributed by atoms with Crippen molar-refractivity contribution < 1.29 is 80.2 Å². The average Bonchev–Trinajstić information content (AvgIpc) is 0.921. The molecule has 0 saturated carbocycles. The summed E-state index contributed by atoms with van der Waals surface area (Å²) in [7, 11) is -9.93. The van der Waals surface area contributed by atoms with E-state index in [0.29, 0.717) is 25.7 Å². The Bertz CT molecular complexity index is 2060. The summed E-state index contributed by atoms with van der Waals surface area (Å²) in [5.41, 5.74) is 0. The molecule has 0 aromatic rings. The second-order valence-electron chi connectivity index (χ2n) is 29.8. The van der Waals surface area contributed by atoms with Gasteiger partial charge in [-0.1, -0.05) is 374 Å². The first-order valence-corrected chi connectivity index (χ1v) is 46.0. The van der Waals surface area contributed by atoms with Gasteiger partial charge in [0.25, 0.3) is 0 Å². The van der Waals surface area contributed by atoms with Crippen LogP contribution in [0.2, 0.25) is 0 Å². The molecule has 103 heavy (non-hydrogen) atoms. The molecule has 0 spiro atoms. The molecule has 608 valence electrons. The van der Waals surface area contributed by atoms with E-state index in [1.807, 2.05) is 0 Å². The van der Waals surface area contributed by atoms with Crippen LogP contribution < -0.4 is 0 Å². The number of aliphatic hydroxyl groups excluding tert-OH is 1. The van der Waals surface area contributed by atoms with E-state index in [1.54, 1.807) is 0 Å². The lowest BCUT2D eigenvalue weighted by molar-refractivity contribution is -0.161. The van der Waals surface area contributed by atoms with Crippen molar-refractivity contribution in [3.8, 4) is 0 Å². The molecular weight excluding hydrogens is 1340 g/mol. The lowest BCUT2D eigenvalue weighted by atomic mass is 9.99. The predicted octanol–water partition coefficient (Wildman–Crippen LogP) is 25.1. The van der Waals surface area contributed by atoms with Crippen molar-refractivity contribution in [1.82, 2.24) is 0 Å². The zero-order chi connectivity index (χ0) is 75.5. The summed E-state index contributed by atoms with van der Waals surface area (Å²) in [6.45, 7) is 7.35. The van der Waals surface area contributed by atoms with E-state index < -0.39 is 97.5 Å². The molecule has 0 aromatic carbocycles. The molecular formula is C84H160O17P2. The smallest absolute Gasteiger partial charge is 0.462 e. The number of phosphoric ester groups is 2. The lowest BCUT2D eigenvalue weighted by Gasteiger charge is -2.21. The first-order chi connectivity index (χ1) is 50.1. The van der Waals surface area contributed by atoms with Crippen LogP contribution in [0.5, 0.6) is 0 Å². The van der Waals surface area contributed by atoms with Gasteiger partial charge in [-0.2, -0.15) is 0 Å². The number of hydrogen-bond acceptors (Lipinski definition) is 15. The maximum Gasteiger partial charge on any atom is 0.472 e. The van der Waals surface area contributed by atoms with Gasteiger partial charge in [-0.05, 0) is 57.3 Å². The normalized spacial score (nSPS) is 14.2. The Kier molecular flexibility index (Phi) is 74.5. The van der Waals surface area contributed by atoms with Gasteiger partial charge >= 0.3 is 39.5 Å². The van der Waals surface area contributed by atoms with Crippen molar-refractivity contribution >= 4 is 39.5 Å². The summed E-state index contributed by atoms with van der Waals surface area (Å²) < 4.78 is 68.8. The molecule has 0 fully saturated rings. The fourth-order valence-corrected chi connectivity index (χ4v) is 14.1. The number of hydrogen-bond donors (Lipinski definition) is 3. The van der Waals surface area contributed by atoms with Gasteiger partial charge in [-0.3, -0.25) is 37.3 Å². The zero-order valence-electron chi connectivity index (χ0n) is 66.9. The number of esters is 4. The Balaban J connectivity index is 5.25. The van der Waals surface area contributed by atoms with Gasteiger partial charge in [0.1, 0.15) is 19.3 Å². The van der Waals surface area contributed by atoms with E-state index in [9.17, 15) is 43.2 Å². The number of unbranched alkanes of at least 4 members (excludes halogenated alkanes) is 50. The van der Waals surface area contributed by atoms with Crippen LogP contribution in [0, 0.1) is 5.92 Å². The van der Waals surface area contributed by atoms with Crippen molar-refractivity contribution in [3.05, 3.63) is 24.3 Å². The topological polar surface area (TPSA) is 237 Å². The highest BCUT2D eigenvalue weighted by Crippen LogP contribution is 2.45. The van der Waals surface area contributed by atoms with E-state index in [-0.39, 0.29) is 25.7 Å². The van der Waals surface area contributed by atoms with Crippen molar-refractivity contribution in [3.63, 3.8) is 0 Å².